The number of rotatable bonds is 5. The standard InChI is InChI=1S/C16H22N2O3/c1-11(2)8-18-9-13(7-15(18)20)16(21)17-14-5-3-12(10-19)4-6-14/h3-6,11,13,19H,7-10H2,1-2H3,(H,17,21). The Kier molecular flexibility index (Phi) is 4.96. The Morgan fingerprint density at radius 1 is 1.38 bits per heavy atom. The molecule has 2 amide bonds. The van der Waals surface area contributed by atoms with Crippen LogP contribution in [0.1, 0.15) is 25.8 Å². The fourth-order valence-corrected chi connectivity index (χ4v) is 2.50. The summed E-state index contributed by atoms with van der Waals surface area (Å²) in [5.41, 5.74) is 1.49. The third kappa shape index (κ3) is 4.04. The number of benzene rings is 1. The Morgan fingerprint density at radius 2 is 2.05 bits per heavy atom. The Balaban J connectivity index is 1.93. The summed E-state index contributed by atoms with van der Waals surface area (Å²) in [7, 11) is 0. The van der Waals surface area contributed by atoms with Crippen molar-refractivity contribution in [2.45, 2.75) is 26.9 Å². The summed E-state index contributed by atoms with van der Waals surface area (Å²) in [5, 5.41) is 11.8. The van der Waals surface area contributed by atoms with Crippen molar-refractivity contribution in [1.29, 1.82) is 0 Å². The van der Waals surface area contributed by atoms with Crippen LogP contribution >= 0.6 is 0 Å². The summed E-state index contributed by atoms with van der Waals surface area (Å²) in [5.74, 6) is 0.0568. The van der Waals surface area contributed by atoms with Gasteiger partial charge in [0.05, 0.1) is 12.5 Å². The molecule has 1 fully saturated rings. The molecule has 0 radical (unpaired) electrons. The lowest BCUT2D eigenvalue weighted by atomic mass is 10.1. The van der Waals surface area contributed by atoms with Gasteiger partial charge in [-0.3, -0.25) is 9.59 Å². The van der Waals surface area contributed by atoms with Gasteiger partial charge in [-0.2, -0.15) is 0 Å². The highest BCUT2D eigenvalue weighted by molar-refractivity contribution is 5.97. The third-order valence-electron chi connectivity index (χ3n) is 3.57. The van der Waals surface area contributed by atoms with Crippen LogP contribution in [0.25, 0.3) is 0 Å². The fourth-order valence-electron chi connectivity index (χ4n) is 2.50. The zero-order chi connectivity index (χ0) is 15.4. The van der Waals surface area contributed by atoms with Crippen LogP contribution in [0.15, 0.2) is 24.3 Å². The normalized spacial score (nSPS) is 18.4. The molecule has 0 bridgehead atoms. The van der Waals surface area contributed by atoms with Gasteiger partial charge in [0.2, 0.25) is 11.8 Å². The maximum atomic E-state index is 12.2. The van der Waals surface area contributed by atoms with Gasteiger partial charge in [0.25, 0.3) is 0 Å². The van der Waals surface area contributed by atoms with Crippen molar-refractivity contribution < 1.29 is 14.7 Å². The SMILES string of the molecule is CC(C)CN1CC(C(=O)Nc2ccc(CO)cc2)CC1=O. The largest absolute Gasteiger partial charge is 0.392 e. The van der Waals surface area contributed by atoms with Gasteiger partial charge >= 0.3 is 0 Å². The fraction of sp³-hybridized carbons (Fsp3) is 0.500. The van der Waals surface area contributed by atoms with Crippen LogP contribution in [-0.4, -0.2) is 34.9 Å². The number of likely N-dealkylation sites (tertiary alicyclic amines) is 1. The van der Waals surface area contributed by atoms with E-state index in [2.05, 4.69) is 19.2 Å². The number of aliphatic hydroxyl groups is 1. The van der Waals surface area contributed by atoms with E-state index in [0.29, 0.717) is 24.7 Å². The quantitative estimate of drug-likeness (QED) is 0.866. The zero-order valence-electron chi connectivity index (χ0n) is 12.5. The topological polar surface area (TPSA) is 69.6 Å². The van der Waals surface area contributed by atoms with Crippen LogP contribution in [0.4, 0.5) is 5.69 Å². The number of nitrogens with zero attached hydrogens (tertiary/aromatic N) is 1. The third-order valence-corrected chi connectivity index (χ3v) is 3.57. The van der Waals surface area contributed by atoms with E-state index in [-0.39, 0.29) is 30.8 Å². The predicted octanol–water partition coefficient (Wildman–Crippen LogP) is 1.62. The van der Waals surface area contributed by atoms with Gasteiger partial charge in [-0.15, -0.1) is 0 Å². The van der Waals surface area contributed by atoms with E-state index in [0.717, 1.165) is 5.56 Å². The monoisotopic (exact) mass is 290 g/mol. The minimum atomic E-state index is -0.284. The first-order chi connectivity index (χ1) is 9.99. The molecule has 114 valence electrons. The van der Waals surface area contributed by atoms with Crippen LogP contribution in [0.3, 0.4) is 0 Å². The highest BCUT2D eigenvalue weighted by Gasteiger charge is 2.34. The van der Waals surface area contributed by atoms with Gasteiger partial charge in [0, 0.05) is 25.2 Å². The molecule has 1 aromatic rings. The van der Waals surface area contributed by atoms with E-state index in [9.17, 15) is 9.59 Å². The van der Waals surface area contributed by atoms with E-state index in [1.807, 2.05) is 0 Å². The molecular formula is C16H22N2O3. The molecule has 1 aromatic carbocycles. The highest BCUT2D eigenvalue weighted by atomic mass is 16.3. The molecular weight excluding hydrogens is 268 g/mol. The first-order valence-corrected chi connectivity index (χ1v) is 7.28. The maximum Gasteiger partial charge on any atom is 0.229 e. The van der Waals surface area contributed by atoms with Gasteiger partial charge in [-0.1, -0.05) is 26.0 Å². The maximum absolute atomic E-state index is 12.2. The Morgan fingerprint density at radius 3 is 2.62 bits per heavy atom. The molecule has 0 saturated carbocycles. The van der Waals surface area contributed by atoms with Gasteiger partial charge < -0.3 is 15.3 Å². The Hall–Kier alpha value is -1.88. The average Bonchev–Trinajstić information content (AvgIpc) is 2.80. The van der Waals surface area contributed by atoms with E-state index in [1.165, 1.54) is 0 Å². The van der Waals surface area contributed by atoms with Gasteiger partial charge in [0.15, 0.2) is 0 Å². The second kappa shape index (κ2) is 6.72. The molecule has 1 atom stereocenters. The number of nitrogens with one attached hydrogen (secondary N) is 1. The first-order valence-electron chi connectivity index (χ1n) is 7.28. The minimum absolute atomic E-state index is 0.0183. The predicted molar refractivity (Wildman–Crippen MR) is 80.5 cm³/mol. The lowest BCUT2D eigenvalue weighted by molar-refractivity contribution is -0.128. The Bertz CT molecular complexity index is 511. The summed E-state index contributed by atoms with van der Waals surface area (Å²) in [6.07, 6.45) is 0.285. The number of amides is 2. The van der Waals surface area contributed by atoms with Gasteiger partial charge in [-0.05, 0) is 23.6 Å². The molecule has 2 N–H and O–H groups in total. The second-order valence-corrected chi connectivity index (χ2v) is 5.94. The van der Waals surface area contributed by atoms with Crippen molar-refractivity contribution >= 4 is 17.5 Å². The number of carbonyl (C=O) groups is 2. The molecule has 1 aliphatic rings. The summed E-state index contributed by atoms with van der Waals surface area (Å²) < 4.78 is 0. The van der Waals surface area contributed by atoms with Gasteiger partial charge in [-0.25, -0.2) is 0 Å². The van der Waals surface area contributed by atoms with Crippen LogP contribution in [0.5, 0.6) is 0 Å². The van der Waals surface area contributed by atoms with E-state index in [1.54, 1.807) is 29.2 Å². The van der Waals surface area contributed by atoms with Crippen LogP contribution in [-0.2, 0) is 16.2 Å². The number of hydrogen-bond acceptors (Lipinski definition) is 3. The summed E-state index contributed by atoms with van der Waals surface area (Å²) >= 11 is 0. The molecule has 0 aliphatic carbocycles. The minimum Gasteiger partial charge on any atom is -0.392 e. The average molecular weight is 290 g/mol. The molecule has 0 aromatic heterocycles. The molecule has 5 nitrogen and oxygen atoms in total. The highest BCUT2D eigenvalue weighted by Crippen LogP contribution is 2.21. The number of hydrogen-bond donors (Lipinski definition) is 2. The number of aliphatic hydroxyl groups excluding tert-OH is 1. The second-order valence-electron chi connectivity index (χ2n) is 5.94. The molecule has 1 saturated heterocycles. The smallest absolute Gasteiger partial charge is 0.229 e. The molecule has 1 unspecified atom stereocenters. The molecule has 1 aliphatic heterocycles. The Labute approximate surface area is 125 Å². The van der Waals surface area contributed by atoms with E-state index < -0.39 is 0 Å². The molecule has 5 heteroatoms. The summed E-state index contributed by atoms with van der Waals surface area (Å²) in [6, 6.07) is 7.04. The van der Waals surface area contributed by atoms with Crippen LogP contribution < -0.4 is 5.32 Å². The number of anilines is 1. The van der Waals surface area contributed by atoms with E-state index >= 15 is 0 Å². The molecule has 0 spiro atoms. The lowest BCUT2D eigenvalue weighted by Gasteiger charge is -2.18. The number of carbonyl (C=O) groups excluding carboxylic acids is 2. The van der Waals surface area contributed by atoms with Crippen molar-refractivity contribution in [3.63, 3.8) is 0 Å². The molecule has 21 heavy (non-hydrogen) atoms. The molecule has 1 heterocycles. The van der Waals surface area contributed by atoms with Crippen LogP contribution in [0.2, 0.25) is 0 Å². The lowest BCUT2D eigenvalue weighted by Crippen LogP contribution is -2.31. The van der Waals surface area contributed by atoms with Crippen molar-refractivity contribution in [2.24, 2.45) is 11.8 Å². The zero-order valence-corrected chi connectivity index (χ0v) is 12.5. The van der Waals surface area contributed by atoms with Crippen molar-refractivity contribution in [2.75, 3.05) is 18.4 Å². The van der Waals surface area contributed by atoms with Gasteiger partial charge in [0.1, 0.15) is 0 Å². The van der Waals surface area contributed by atoms with Crippen molar-refractivity contribution in [3.05, 3.63) is 29.8 Å². The molecule has 2 rings (SSSR count). The van der Waals surface area contributed by atoms with Crippen molar-refractivity contribution in [3.8, 4) is 0 Å². The van der Waals surface area contributed by atoms with Crippen LogP contribution in [0, 0.1) is 11.8 Å². The summed E-state index contributed by atoms with van der Waals surface area (Å²) in [6.45, 7) is 5.30. The van der Waals surface area contributed by atoms with E-state index in [4.69, 9.17) is 5.11 Å². The first kappa shape index (κ1) is 15.5. The van der Waals surface area contributed by atoms with Crippen molar-refractivity contribution in [1.82, 2.24) is 4.90 Å². The summed E-state index contributed by atoms with van der Waals surface area (Å²) in [4.78, 5) is 25.9.